The van der Waals surface area contributed by atoms with Crippen molar-refractivity contribution in [2.24, 2.45) is 67.7 Å². The van der Waals surface area contributed by atoms with Gasteiger partial charge < -0.3 is 141 Å². The number of amides is 8. The number of benzene rings is 2. The number of nitrogens with two attached hydrogens (primary N) is 9. The van der Waals surface area contributed by atoms with E-state index in [9.17, 15) is 43.5 Å². The summed E-state index contributed by atoms with van der Waals surface area (Å²) < 4.78 is 1.74. The third-order valence-electron chi connectivity index (χ3n) is 17.9. The zero-order chi connectivity index (χ0) is 84.8. The largest absolute Gasteiger partial charge is 0.508 e. The third-order valence-corrected chi connectivity index (χ3v) is 17.9. The summed E-state index contributed by atoms with van der Waals surface area (Å²) in [4.78, 5) is 119. The number of nitrogens with one attached hydrogen (secondary N) is 23. The summed E-state index contributed by atoms with van der Waals surface area (Å²) in [6.45, 7) is 1.71. The summed E-state index contributed by atoms with van der Waals surface area (Å²) in [5.74, 6) is -9.35. The minimum absolute atomic E-state index is 0. The van der Waals surface area contributed by atoms with Crippen LogP contribution in [0.1, 0.15) is 116 Å². The van der Waals surface area contributed by atoms with E-state index in [1.54, 1.807) is 33.8 Å². The Morgan fingerprint density at radius 2 is 0.613 bits per heavy atom. The standard InChI is InChI=1S/C68H118N38O9.9ClH/c69-44(9-1-27-86-61(70)71)53(108)94-45(10-2-28-87-62(72)73)54(109)95-46(11-3-29-88-63(74)75)55(110)96-47(12-4-30-89-64(76)77)56(111)97-48(13-5-31-90-65(78)79)57(112)98-49(14-6-32-91-66(80)81)58(113)99-50(15-7-33-92-67(82)83)59(114)100-51(16-8-34-93-68(84)85)60(115)105-35-25-39(26-36-105)37-106-38-52(103-104-106)40-17-19-41(20-18-40)101-102-42-21-23-43(107)24-22-42;;;;;;;;;/h17-24,38-39,44-51,107H,1-16,25-37,69H2,(H,94,108)(H,95,109)(H,96,110)(H,97,111)(H,98,112)(H,99,113)(H,100,114)(H4,70,71,86)(H4,72,73,87)(H4,74,75,88)(H4,76,77,89)(H4,78,79,90)(H4,80,81,91)(H4,82,83,92)(H4,84,85,93);9*1H/t44-,45-,46-,47-,48-,49-,50-,51-;;;;;;;;;/m0........./s1. The lowest BCUT2D eigenvalue weighted by atomic mass is 9.96. The lowest BCUT2D eigenvalue weighted by Gasteiger charge is -2.35. The van der Waals surface area contributed by atoms with Gasteiger partial charge in [-0.2, -0.15) is 10.2 Å². The van der Waals surface area contributed by atoms with Crippen LogP contribution in [0, 0.1) is 49.2 Å². The van der Waals surface area contributed by atoms with Crippen molar-refractivity contribution < 1.29 is 43.5 Å². The molecule has 1 aliphatic heterocycles. The fraction of sp³-hybridized carbons (Fsp3) is 0.559. The van der Waals surface area contributed by atoms with Crippen LogP contribution >= 0.6 is 112 Å². The van der Waals surface area contributed by atoms with Crippen LogP contribution in [-0.4, -0.2) is 234 Å². The Morgan fingerprint density at radius 1 is 0.371 bits per heavy atom. The number of carbonyl (C=O) groups is 8. The molecule has 47 nitrogen and oxygen atoms in total. The first kappa shape index (κ1) is 124. The monoisotopic (exact) mass is 1930 g/mol. The van der Waals surface area contributed by atoms with E-state index in [0.29, 0.717) is 56.0 Å². The highest BCUT2D eigenvalue weighted by Gasteiger charge is 2.36. The molecule has 706 valence electrons. The molecule has 8 atom stereocenters. The molecule has 8 amide bonds. The first-order valence-corrected chi connectivity index (χ1v) is 37.8. The van der Waals surface area contributed by atoms with Gasteiger partial charge in [-0.3, -0.25) is 86.3 Å². The van der Waals surface area contributed by atoms with Crippen molar-refractivity contribution in [3.63, 3.8) is 0 Å². The minimum atomic E-state index is -1.55. The number of hydrogen-bond donors (Lipinski definition) is 33. The van der Waals surface area contributed by atoms with Crippen molar-refractivity contribution in [3.05, 3.63) is 54.7 Å². The average molecular weight is 1940 g/mol. The Balaban J connectivity index is -0.00000387. The van der Waals surface area contributed by atoms with Crippen molar-refractivity contribution >= 4 is 218 Å². The van der Waals surface area contributed by atoms with Gasteiger partial charge in [-0.25, -0.2) is 0 Å². The van der Waals surface area contributed by atoms with Crippen molar-refractivity contribution in [1.29, 1.82) is 43.3 Å². The number of rotatable bonds is 52. The smallest absolute Gasteiger partial charge is 0.245 e. The highest BCUT2D eigenvalue weighted by Crippen LogP contribution is 2.26. The molecule has 0 saturated carbocycles. The molecule has 42 N–H and O–H groups in total. The minimum Gasteiger partial charge on any atom is -0.508 e. The lowest BCUT2D eigenvalue weighted by Crippen LogP contribution is -2.60. The summed E-state index contributed by atoms with van der Waals surface area (Å²) in [5.41, 5.74) is 53.2. The number of halogens is 9. The van der Waals surface area contributed by atoms with Crippen LogP contribution in [0.3, 0.4) is 0 Å². The number of azo groups is 1. The molecule has 0 radical (unpaired) electrons. The number of carbonyl (C=O) groups excluding carboxylic acids is 8. The number of phenols is 1. The molecular weight excluding hydrogens is 1810 g/mol. The number of nitrogens with zero attached hydrogens (tertiary/aromatic N) is 6. The fourth-order valence-electron chi connectivity index (χ4n) is 11.8. The molecule has 0 unspecified atom stereocenters. The number of piperidine rings is 1. The Bertz CT molecular complexity index is 3790. The fourth-order valence-corrected chi connectivity index (χ4v) is 11.8. The van der Waals surface area contributed by atoms with Crippen molar-refractivity contribution in [1.82, 2.24) is 99.6 Å². The van der Waals surface area contributed by atoms with E-state index in [1.807, 2.05) is 18.3 Å². The van der Waals surface area contributed by atoms with Gasteiger partial charge >= 0.3 is 0 Å². The zero-order valence-corrected chi connectivity index (χ0v) is 75.5. The highest BCUT2D eigenvalue weighted by molar-refractivity contribution is 5.98. The van der Waals surface area contributed by atoms with E-state index in [2.05, 4.69) is 100 Å². The molecule has 3 aromatic rings. The van der Waals surface area contributed by atoms with Gasteiger partial charge in [-0.05, 0) is 158 Å². The van der Waals surface area contributed by atoms with Gasteiger partial charge in [0.1, 0.15) is 53.7 Å². The third kappa shape index (κ3) is 52.2. The van der Waals surface area contributed by atoms with Crippen LogP contribution in [0.15, 0.2) is 65.0 Å². The molecule has 56 heteroatoms. The average Bonchev–Trinajstić information content (AvgIpc) is 1.43. The molecule has 4 rings (SSSR count). The zero-order valence-electron chi connectivity index (χ0n) is 68.2. The van der Waals surface area contributed by atoms with Crippen LogP contribution in [0.2, 0.25) is 0 Å². The maximum atomic E-state index is 15.0. The van der Waals surface area contributed by atoms with Gasteiger partial charge in [0.05, 0.1) is 23.6 Å². The van der Waals surface area contributed by atoms with E-state index < -0.39 is 119 Å². The Morgan fingerprint density at radius 3 is 0.887 bits per heavy atom. The second kappa shape index (κ2) is 68.9. The molecule has 124 heavy (non-hydrogen) atoms. The van der Waals surface area contributed by atoms with Gasteiger partial charge in [0, 0.05) is 77.6 Å². The second-order valence-electron chi connectivity index (χ2n) is 27.3. The number of likely N-dealkylation sites (tertiary alicyclic amines) is 1. The molecule has 2 aromatic carbocycles. The highest BCUT2D eigenvalue weighted by atomic mass is 35.5. The summed E-state index contributed by atoms with van der Waals surface area (Å²) >= 11 is 0. The molecule has 0 spiro atoms. The van der Waals surface area contributed by atoms with Crippen LogP contribution in [-0.2, 0) is 44.9 Å². The molecule has 1 fully saturated rings. The lowest BCUT2D eigenvalue weighted by molar-refractivity contribution is -0.139. The van der Waals surface area contributed by atoms with Gasteiger partial charge in [-0.15, -0.1) is 117 Å². The predicted molar refractivity (Wildman–Crippen MR) is 497 cm³/mol. The number of hydrogen-bond acceptors (Lipinski definition) is 22. The maximum Gasteiger partial charge on any atom is 0.245 e. The Labute approximate surface area is 775 Å². The molecule has 0 aliphatic carbocycles. The topological polar surface area (TPSA) is 821 Å². The van der Waals surface area contributed by atoms with E-state index in [0.717, 1.165) is 5.56 Å². The van der Waals surface area contributed by atoms with E-state index >= 15 is 0 Å². The van der Waals surface area contributed by atoms with E-state index in [4.69, 9.17) is 94.9 Å². The second-order valence-corrected chi connectivity index (χ2v) is 27.3. The van der Waals surface area contributed by atoms with Crippen molar-refractivity contribution in [2.45, 2.75) is 170 Å². The van der Waals surface area contributed by atoms with Gasteiger partial charge in [-0.1, -0.05) is 17.3 Å². The van der Waals surface area contributed by atoms with Crippen LogP contribution in [0.5, 0.6) is 5.75 Å². The number of guanidine groups is 8. The maximum absolute atomic E-state index is 15.0. The number of aromatic hydroxyl groups is 1. The summed E-state index contributed by atoms with van der Waals surface area (Å²) in [5, 5.41) is 128. The predicted octanol–water partition coefficient (Wildman–Crippen LogP) is -2.07. The van der Waals surface area contributed by atoms with Gasteiger partial charge in [0.15, 0.2) is 47.7 Å². The summed E-state index contributed by atoms with van der Waals surface area (Å²) in [6, 6.07) is 2.45. The first-order valence-electron chi connectivity index (χ1n) is 37.8. The van der Waals surface area contributed by atoms with Crippen molar-refractivity contribution in [3.8, 4) is 17.0 Å². The van der Waals surface area contributed by atoms with Gasteiger partial charge in [0.25, 0.3) is 0 Å². The normalized spacial score (nSPS) is 13.0. The number of aromatic nitrogens is 3. The van der Waals surface area contributed by atoms with Crippen molar-refractivity contribution in [2.75, 3.05) is 65.4 Å². The molecule has 1 saturated heterocycles. The molecular formula is C68H127Cl9N38O9. The molecule has 1 aromatic heterocycles. The van der Waals surface area contributed by atoms with Gasteiger partial charge in [0.2, 0.25) is 47.3 Å². The van der Waals surface area contributed by atoms with Crippen LogP contribution < -0.4 is 131 Å². The number of phenolic OH excluding ortho intramolecular Hbond substituents is 1. The van der Waals surface area contributed by atoms with E-state index in [-0.39, 0.29) is 296 Å². The molecule has 2 heterocycles. The summed E-state index contributed by atoms with van der Waals surface area (Å²) in [7, 11) is 0. The summed E-state index contributed by atoms with van der Waals surface area (Å²) in [6.07, 6.45) is 3.31. The Hall–Kier alpha value is -10.5. The molecule has 1 aliphatic rings. The Kier molecular flexibility index (Phi) is 69.0. The first-order chi connectivity index (χ1) is 54.8. The van der Waals surface area contributed by atoms with Crippen LogP contribution in [0.25, 0.3) is 11.3 Å². The van der Waals surface area contributed by atoms with E-state index in [1.165, 1.54) is 12.1 Å². The molecule has 0 bridgehead atoms. The SMILES string of the molecule is Cl.Cl.Cl.Cl.Cl.Cl.Cl.Cl.Cl.N=C(N)NCCC[C@H](NC(=O)[C@H](CCCNC(=N)N)NC(=O)[C@H](CCCNC(=N)N)NC(=O)[C@H](CCCNC(=N)N)NC(=O)[C@@H](N)CCCNC(=N)N)C(=O)N[C@@H](CCCNC(=N)N)C(=O)N[C@@H](CCCNC(=N)N)C(=O)N[C@@H](CCCNC(=N)N)C(=O)N1CCC(Cn2cc(-c3ccc(N=Nc4ccc(O)cc4)cc3)nn2)CC1. The quantitative estimate of drug-likeness (QED) is 0.0125. The van der Waals surface area contributed by atoms with Crippen LogP contribution in [0.4, 0.5) is 11.4 Å².